The minimum absolute atomic E-state index is 0.0459. The van der Waals surface area contributed by atoms with Gasteiger partial charge in [-0.15, -0.1) is 0 Å². The van der Waals surface area contributed by atoms with E-state index in [1.807, 2.05) is 0 Å². The van der Waals surface area contributed by atoms with E-state index in [-0.39, 0.29) is 22.7 Å². The SMILES string of the molecule is Cc1cc(Oc2cc(F)cc(Br)c2)cc(C(=O)O)c1N. The average molecular weight is 340 g/mol. The number of carboxylic acids is 1. The van der Waals surface area contributed by atoms with E-state index in [1.54, 1.807) is 19.1 Å². The van der Waals surface area contributed by atoms with Crippen LogP contribution < -0.4 is 10.5 Å². The van der Waals surface area contributed by atoms with E-state index in [4.69, 9.17) is 15.6 Å². The monoisotopic (exact) mass is 339 g/mol. The highest BCUT2D eigenvalue weighted by atomic mass is 79.9. The molecule has 3 N–H and O–H groups in total. The fraction of sp³-hybridized carbons (Fsp3) is 0.0714. The number of hydrogen-bond donors (Lipinski definition) is 2. The van der Waals surface area contributed by atoms with Gasteiger partial charge in [0.25, 0.3) is 0 Å². The molecule has 20 heavy (non-hydrogen) atoms. The first-order valence-electron chi connectivity index (χ1n) is 5.64. The second-order valence-electron chi connectivity index (χ2n) is 4.21. The smallest absolute Gasteiger partial charge is 0.337 e. The number of aromatic carboxylic acids is 1. The van der Waals surface area contributed by atoms with Crippen LogP contribution in [0.2, 0.25) is 0 Å². The van der Waals surface area contributed by atoms with Crippen molar-refractivity contribution in [3.05, 3.63) is 51.7 Å². The number of carboxylic acid groups (broad SMARTS) is 1. The normalized spacial score (nSPS) is 10.3. The number of aryl methyl sites for hydroxylation is 1. The van der Waals surface area contributed by atoms with Gasteiger partial charge in [-0.05, 0) is 36.8 Å². The Morgan fingerprint density at radius 3 is 2.50 bits per heavy atom. The lowest BCUT2D eigenvalue weighted by Crippen LogP contribution is -2.04. The van der Waals surface area contributed by atoms with Crippen LogP contribution in [0, 0.1) is 12.7 Å². The lowest BCUT2D eigenvalue weighted by atomic mass is 10.1. The van der Waals surface area contributed by atoms with E-state index in [0.29, 0.717) is 10.0 Å². The van der Waals surface area contributed by atoms with Crippen LogP contribution in [0.4, 0.5) is 10.1 Å². The number of ether oxygens (including phenoxy) is 1. The Balaban J connectivity index is 2.41. The lowest BCUT2D eigenvalue weighted by molar-refractivity contribution is 0.0697. The molecule has 0 aliphatic heterocycles. The third-order valence-electron chi connectivity index (χ3n) is 2.66. The second kappa shape index (κ2) is 5.50. The highest BCUT2D eigenvalue weighted by Crippen LogP contribution is 2.30. The van der Waals surface area contributed by atoms with Gasteiger partial charge in [0.1, 0.15) is 17.3 Å². The van der Waals surface area contributed by atoms with Crippen LogP contribution >= 0.6 is 15.9 Å². The Kier molecular flexibility index (Phi) is 3.94. The van der Waals surface area contributed by atoms with Crippen molar-refractivity contribution < 1.29 is 19.0 Å². The second-order valence-corrected chi connectivity index (χ2v) is 5.13. The maximum Gasteiger partial charge on any atom is 0.337 e. The van der Waals surface area contributed by atoms with Crippen LogP contribution in [-0.2, 0) is 0 Å². The number of nitrogens with two attached hydrogens (primary N) is 1. The molecule has 0 saturated heterocycles. The summed E-state index contributed by atoms with van der Waals surface area (Å²) < 4.78 is 19.3. The molecule has 4 nitrogen and oxygen atoms in total. The molecule has 0 aromatic heterocycles. The predicted octanol–water partition coefficient (Wildman–Crippen LogP) is 3.97. The molecule has 0 radical (unpaired) electrons. The molecule has 2 aromatic carbocycles. The van der Waals surface area contributed by atoms with E-state index >= 15 is 0 Å². The van der Waals surface area contributed by atoms with Gasteiger partial charge in [0.2, 0.25) is 0 Å². The van der Waals surface area contributed by atoms with Gasteiger partial charge < -0.3 is 15.6 Å². The number of rotatable bonds is 3. The quantitative estimate of drug-likeness (QED) is 0.830. The van der Waals surface area contributed by atoms with Crippen molar-refractivity contribution >= 4 is 27.6 Å². The molecule has 0 fully saturated rings. The summed E-state index contributed by atoms with van der Waals surface area (Å²) in [7, 11) is 0. The standard InChI is InChI=1S/C14H11BrFNO3/c1-7-2-10(6-12(13(7)17)14(18)19)20-11-4-8(15)3-9(16)5-11/h2-6H,17H2,1H3,(H,18,19). The molecule has 0 heterocycles. The van der Waals surface area contributed by atoms with Gasteiger partial charge in [-0.1, -0.05) is 15.9 Å². The van der Waals surface area contributed by atoms with Gasteiger partial charge in [0.15, 0.2) is 0 Å². The van der Waals surface area contributed by atoms with Crippen molar-refractivity contribution in [3.63, 3.8) is 0 Å². The molecule has 0 bridgehead atoms. The van der Waals surface area contributed by atoms with Crippen molar-refractivity contribution in [2.24, 2.45) is 0 Å². The molecule has 6 heteroatoms. The van der Waals surface area contributed by atoms with Gasteiger partial charge in [0.05, 0.1) is 5.56 Å². The molecule has 2 aromatic rings. The van der Waals surface area contributed by atoms with Gasteiger partial charge in [0, 0.05) is 16.2 Å². The van der Waals surface area contributed by atoms with Crippen molar-refractivity contribution in [1.82, 2.24) is 0 Å². The third-order valence-corrected chi connectivity index (χ3v) is 3.12. The van der Waals surface area contributed by atoms with Gasteiger partial charge in [-0.3, -0.25) is 0 Å². The van der Waals surface area contributed by atoms with E-state index in [9.17, 15) is 9.18 Å². The Morgan fingerprint density at radius 1 is 1.25 bits per heavy atom. The van der Waals surface area contributed by atoms with Crippen LogP contribution in [0.1, 0.15) is 15.9 Å². The zero-order valence-electron chi connectivity index (χ0n) is 10.5. The maximum absolute atomic E-state index is 13.3. The Hall–Kier alpha value is -2.08. The zero-order valence-corrected chi connectivity index (χ0v) is 12.1. The van der Waals surface area contributed by atoms with Crippen molar-refractivity contribution in [2.45, 2.75) is 6.92 Å². The molecule has 0 spiro atoms. The summed E-state index contributed by atoms with van der Waals surface area (Å²) in [6.07, 6.45) is 0. The van der Waals surface area contributed by atoms with Crippen LogP contribution in [-0.4, -0.2) is 11.1 Å². The molecule has 0 unspecified atom stereocenters. The summed E-state index contributed by atoms with van der Waals surface area (Å²) >= 11 is 3.16. The predicted molar refractivity (Wildman–Crippen MR) is 76.7 cm³/mol. The van der Waals surface area contributed by atoms with E-state index < -0.39 is 11.8 Å². The summed E-state index contributed by atoms with van der Waals surface area (Å²) in [5.41, 5.74) is 6.41. The molecule has 0 amide bonds. The molecule has 2 rings (SSSR count). The Labute approximate surface area is 123 Å². The van der Waals surface area contributed by atoms with Crippen molar-refractivity contribution in [1.29, 1.82) is 0 Å². The lowest BCUT2D eigenvalue weighted by Gasteiger charge is -2.11. The topological polar surface area (TPSA) is 72.5 Å². The highest BCUT2D eigenvalue weighted by molar-refractivity contribution is 9.10. The molecule has 0 saturated carbocycles. The Bertz CT molecular complexity index is 668. The summed E-state index contributed by atoms with van der Waals surface area (Å²) in [4.78, 5) is 11.1. The van der Waals surface area contributed by atoms with E-state index in [1.165, 1.54) is 18.2 Å². The summed E-state index contributed by atoms with van der Waals surface area (Å²) in [6, 6.07) is 6.99. The molecule has 0 atom stereocenters. The van der Waals surface area contributed by atoms with Crippen LogP contribution in [0.15, 0.2) is 34.8 Å². The average Bonchev–Trinajstić information content (AvgIpc) is 2.31. The molecule has 0 aliphatic carbocycles. The zero-order chi connectivity index (χ0) is 14.9. The molecule has 0 aliphatic rings. The first-order chi connectivity index (χ1) is 9.36. The fourth-order valence-corrected chi connectivity index (χ4v) is 2.17. The molecular formula is C14H11BrFNO3. The van der Waals surface area contributed by atoms with E-state index in [2.05, 4.69) is 15.9 Å². The first-order valence-corrected chi connectivity index (χ1v) is 6.43. The number of benzene rings is 2. The van der Waals surface area contributed by atoms with Crippen LogP contribution in [0.5, 0.6) is 11.5 Å². The number of halogens is 2. The largest absolute Gasteiger partial charge is 0.478 e. The number of anilines is 1. The highest BCUT2D eigenvalue weighted by Gasteiger charge is 2.13. The maximum atomic E-state index is 13.3. The van der Waals surface area contributed by atoms with Gasteiger partial charge in [-0.25, -0.2) is 9.18 Å². The van der Waals surface area contributed by atoms with Crippen molar-refractivity contribution in [3.8, 4) is 11.5 Å². The number of nitrogen functional groups attached to an aromatic ring is 1. The summed E-state index contributed by atoms with van der Waals surface area (Å²) in [5.74, 6) is -1.06. The first kappa shape index (κ1) is 14.3. The van der Waals surface area contributed by atoms with Gasteiger partial charge in [-0.2, -0.15) is 0 Å². The number of hydrogen-bond acceptors (Lipinski definition) is 3. The fourth-order valence-electron chi connectivity index (χ4n) is 1.72. The van der Waals surface area contributed by atoms with E-state index in [0.717, 1.165) is 0 Å². The molecular weight excluding hydrogens is 329 g/mol. The summed E-state index contributed by atoms with van der Waals surface area (Å²) in [6.45, 7) is 1.68. The van der Waals surface area contributed by atoms with Crippen LogP contribution in [0.3, 0.4) is 0 Å². The number of carbonyl (C=O) groups is 1. The van der Waals surface area contributed by atoms with Crippen LogP contribution in [0.25, 0.3) is 0 Å². The minimum atomic E-state index is -1.14. The minimum Gasteiger partial charge on any atom is -0.478 e. The van der Waals surface area contributed by atoms with Gasteiger partial charge >= 0.3 is 5.97 Å². The molecule has 104 valence electrons. The van der Waals surface area contributed by atoms with Crippen molar-refractivity contribution in [2.75, 3.05) is 5.73 Å². The summed E-state index contributed by atoms with van der Waals surface area (Å²) in [5, 5.41) is 9.07. The Morgan fingerprint density at radius 2 is 1.90 bits per heavy atom. The third kappa shape index (κ3) is 3.08.